The van der Waals surface area contributed by atoms with Crippen molar-refractivity contribution in [1.82, 2.24) is 10.2 Å². The van der Waals surface area contributed by atoms with Gasteiger partial charge in [-0.15, -0.1) is 0 Å². The Kier molecular flexibility index (Phi) is 6.67. The molecule has 1 heterocycles. The van der Waals surface area contributed by atoms with Crippen molar-refractivity contribution in [3.63, 3.8) is 0 Å². The van der Waals surface area contributed by atoms with Crippen LogP contribution in [0.3, 0.4) is 0 Å². The molecule has 0 atom stereocenters. The van der Waals surface area contributed by atoms with E-state index in [0.29, 0.717) is 55.5 Å². The van der Waals surface area contributed by atoms with Gasteiger partial charge in [0, 0.05) is 37.2 Å². The normalized spacial score (nSPS) is 15.2. The van der Waals surface area contributed by atoms with Crippen LogP contribution in [0, 0.1) is 11.8 Å². The predicted molar refractivity (Wildman–Crippen MR) is 96.0 cm³/mol. The van der Waals surface area contributed by atoms with Crippen LogP contribution in [0.4, 0.5) is 0 Å². The maximum atomic E-state index is 12.7. The molecule has 6 heteroatoms. The molecule has 1 aliphatic heterocycles. The molecule has 0 bridgehead atoms. The number of nitrogens with one attached hydrogen (secondary N) is 1. The highest BCUT2D eigenvalue weighted by atomic mass is 16.5. The summed E-state index contributed by atoms with van der Waals surface area (Å²) in [6, 6.07) is 5.17. The lowest BCUT2D eigenvalue weighted by atomic mass is 9.95. The minimum atomic E-state index is -0.0572. The third-order valence-corrected chi connectivity index (χ3v) is 4.44. The molecule has 0 unspecified atom stereocenters. The number of benzene rings is 1. The molecular weight excluding hydrogens is 320 g/mol. The summed E-state index contributed by atoms with van der Waals surface area (Å²) in [5, 5.41) is 2.98. The Balaban J connectivity index is 1.96. The third-order valence-electron chi connectivity index (χ3n) is 4.44. The molecule has 0 spiro atoms. The standard InChI is InChI=1S/C19H28N2O4/c1-13(2)12-20-18(22)14-5-7-21(8-6-14)19(23)15-9-16(24-3)11-17(10-15)25-4/h9-11,13-14H,5-8,12H2,1-4H3,(H,20,22). The Labute approximate surface area is 149 Å². The number of nitrogens with zero attached hydrogens (tertiary/aromatic N) is 1. The Bertz CT molecular complexity index is 585. The second kappa shape index (κ2) is 8.74. The Morgan fingerprint density at radius 2 is 1.68 bits per heavy atom. The molecule has 2 amide bonds. The molecule has 138 valence electrons. The first-order valence-corrected chi connectivity index (χ1v) is 8.74. The minimum Gasteiger partial charge on any atom is -0.497 e. The molecule has 0 aromatic heterocycles. The van der Waals surface area contributed by atoms with Crippen molar-refractivity contribution in [2.24, 2.45) is 11.8 Å². The van der Waals surface area contributed by atoms with Crippen LogP contribution in [-0.4, -0.2) is 50.6 Å². The van der Waals surface area contributed by atoms with E-state index in [0.717, 1.165) is 0 Å². The van der Waals surface area contributed by atoms with E-state index in [-0.39, 0.29) is 17.7 Å². The molecule has 1 saturated heterocycles. The largest absolute Gasteiger partial charge is 0.497 e. The average molecular weight is 348 g/mol. The highest BCUT2D eigenvalue weighted by Gasteiger charge is 2.28. The number of methoxy groups -OCH3 is 2. The number of likely N-dealkylation sites (tertiary alicyclic amines) is 1. The number of rotatable bonds is 6. The molecule has 1 aromatic rings. The molecule has 1 aliphatic rings. The van der Waals surface area contributed by atoms with E-state index in [1.807, 2.05) is 0 Å². The molecule has 2 rings (SSSR count). The zero-order valence-corrected chi connectivity index (χ0v) is 15.5. The number of carbonyl (C=O) groups is 2. The van der Waals surface area contributed by atoms with Crippen molar-refractivity contribution in [3.05, 3.63) is 23.8 Å². The lowest BCUT2D eigenvalue weighted by Gasteiger charge is -2.31. The van der Waals surface area contributed by atoms with E-state index in [2.05, 4.69) is 19.2 Å². The Hall–Kier alpha value is -2.24. The van der Waals surface area contributed by atoms with Gasteiger partial charge in [0.1, 0.15) is 11.5 Å². The van der Waals surface area contributed by atoms with Crippen LogP contribution in [0.5, 0.6) is 11.5 Å². The lowest BCUT2D eigenvalue weighted by Crippen LogP contribution is -2.43. The summed E-state index contributed by atoms with van der Waals surface area (Å²) in [5.41, 5.74) is 0.541. The first-order valence-electron chi connectivity index (χ1n) is 8.74. The second-order valence-electron chi connectivity index (χ2n) is 6.81. The van der Waals surface area contributed by atoms with Crippen LogP contribution in [0.15, 0.2) is 18.2 Å². The number of hydrogen-bond acceptors (Lipinski definition) is 4. The van der Waals surface area contributed by atoms with Gasteiger partial charge in [-0.3, -0.25) is 9.59 Å². The zero-order chi connectivity index (χ0) is 18.4. The smallest absolute Gasteiger partial charge is 0.254 e. The van der Waals surface area contributed by atoms with Gasteiger partial charge in [-0.2, -0.15) is 0 Å². The van der Waals surface area contributed by atoms with Crippen LogP contribution in [0.1, 0.15) is 37.0 Å². The topological polar surface area (TPSA) is 67.9 Å². The van der Waals surface area contributed by atoms with Crippen LogP contribution in [-0.2, 0) is 4.79 Å². The molecule has 0 saturated carbocycles. The Morgan fingerprint density at radius 1 is 1.12 bits per heavy atom. The number of carbonyl (C=O) groups excluding carboxylic acids is 2. The van der Waals surface area contributed by atoms with Gasteiger partial charge in [0.15, 0.2) is 0 Å². The van der Waals surface area contributed by atoms with Crippen molar-refractivity contribution >= 4 is 11.8 Å². The summed E-state index contributed by atoms with van der Waals surface area (Å²) < 4.78 is 10.5. The lowest BCUT2D eigenvalue weighted by molar-refractivity contribution is -0.126. The van der Waals surface area contributed by atoms with Crippen molar-refractivity contribution < 1.29 is 19.1 Å². The van der Waals surface area contributed by atoms with E-state index in [1.54, 1.807) is 37.3 Å². The van der Waals surface area contributed by atoms with Crippen LogP contribution >= 0.6 is 0 Å². The molecule has 0 aliphatic carbocycles. The first kappa shape index (κ1) is 19.1. The van der Waals surface area contributed by atoms with Crippen molar-refractivity contribution in [1.29, 1.82) is 0 Å². The van der Waals surface area contributed by atoms with Crippen molar-refractivity contribution in [3.8, 4) is 11.5 Å². The van der Waals surface area contributed by atoms with Gasteiger partial charge in [-0.05, 0) is 30.9 Å². The van der Waals surface area contributed by atoms with Gasteiger partial charge in [0.05, 0.1) is 14.2 Å². The molecule has 6 nitrogen and oxygen atoms in total. The van der Waals surface area contributed by atoms with Gasteiger partial charge >= 0.3 is 0 Å². The summed E-state index contributed by atoms with van der Waals surface area (Å²) >= 11 is 0. The van der Waals surface area contributed by atoms with E-state index in [9.17, 15) is 9.59 Å². The van der Waals surface area contributed by atoms with E-state index >= 15 is 0 Å². The first-order chi connectivity index (χ1) is 11.9. The van der Waals surface area contributed by atoms with Crippen LogP contribution in [0.25, 0.3) is 0 Å². The number of amides is 2. The van der Waals surface area contributed by atoms with Gasteiger partial charge in [0.2, 0.25) is 5.91 Å². The van der Waals surface area contributed by atoms with Gasteiger partial charge in [0.25, 0.3) is 5.91 Å². The zero-order valence-electron chi connectivity index (χ0n) is 15.5. The molecule has 0 radical (unpaired) electrons. The van der Waals surface area contributed by atoms with Gasteiger partial charge < -0.3 is 19.7 Å². The third kappa shape index (κ3) is 5.11. The quantitative estimate of drug-likeness (QED) is 0.857. The van der Waals surface area contributed by atoms with Crippen LogP contribution < -0.4 is 14.8 Å². The monoisotopic (exact) mass is 348 g/mol. The van der Waals surface area contributed by atoms with Crippen molar-refractivity contribution in [2.75, 3.05) is 33.9 Å². The number of hydrogen-bond donors (Lipinski definition) is 1. The summed E-state index contributed by atoms with van der Waals surface area (Å²) in [4.78, 5) is 26.7. The van der Waals surface area contributed by atoms with E-state index in [1.165, 1.54) is 0 Å². The van der Waals surface area contributed by atoms with Gasteiger partial charge in [-0.1, -0.05) is 13.8 Å². The number of piperidine rings is 1. The Morgan fingerprint density at radius 3 is 2.16 bits per heavy atom. The van der Waals surface area contributed by atoms with Gasteiger partial charge in [-0.25, -0.2) is 0 Å². The summed E-state index contributed by atoms with van der Waals surface area (Å²) in [6.07, 6.45) is 1.38. The van der Waals surface area contributed by atoms with E-state index < -0.39 is 0 Å². The molecule has 1 N–H and O–H groups in total. The van der Waals surface area contributed by atoms with E-state index in [4.69, 9.17) is 9.47 Å². The second-order valence-corrected chi connectivity index (χ2v) is 6.81. The SMILES string of the molecule is COc1cc(OC)cc(C(=O)N2CCC(C(=O)NCC(C)C)CC2)c1. The van der Waals surface area contributed by atoms with Crippen molar-refractivity contribution in [2.45, 2.75) is 26.7 Å². The highest BCUT2D eigenvalue weighted by Crippen LogP contribution is 2.25. The molecule has 1 aromatic carbocycles. The maximum absolute atomic E-state index is 12.7. The maximum Gasteiger partial charge on any atom is 0.254 e. The van der Waals surface area contributed by atoms with Crippen LogP contribution in [0.2, 0.25) is 0 Å². The fraction of sp³-hybridized carbons (Fsp3) is 0.579. The summed E-state index contributed by atoms with van der Waals surface area (Å²) in [6.45, 7) is 6.01. The summed E-state index contributed by atoms with van der Waals surface area (Å²) in [7, 11) is 3.12. The average Bonchev–Trinajstić information content (AvgIpc) is 2.65. The molecule has 1 fully saturated rings. The number of ether oxygens (including phenoxy) is 2. The summed E-state index contributed by atoms with van der Waals surface area (Å²) in [5.74, 6) is 1.65. The molecular formula is C19H28N2O4. The fourth-order valence-corrected chi connectivity index (χ4v) is 2.91. The predicted octanol–water partition coefficient (Wildman–Crippen LogP) is 2.33. The molecule has 25 heavy (non-hydrogen) atoms. The highest BCUT2D eigenvalue weighted by molar-refractivity contribution is 5.95. The minimum absolute atomic E-state index is 0.0114. The fourth-order valence-electron chi connectivity index (χ4n) is 2.91.